The Kier molecular flexibility index (Phi) is 6.82. The van der Waals surface area contributed by atoms with E-state index in [4.69, 9.17) is 11.6 Å². The number of benzene rings is 1. The van der Waals surface area contributed by atoms with Crippen LogP contribution < -0.4 is 0 Å². The minimum Gasteiger partial charge on any atom is -0.315 e. The van der Waals surface area contributed by atoms with Gasteiger partial charge in [-0.1, -0.05) is 29.8 Å². The van der Waals surface area contributed by atoms with Crippen LogP contribution in [0.4, 0.5) is 0 Å². The van der Waals surface area contributed by atoms with Gasteiger partial charge in [0.2, 0.25) is 15.9 Å². The minimum absolute atomic E-state index is 0.148. The van der Waals surface area contributed by atoms with Gasteiger partial charge >= 0.3 is 0 Å². The molecular weight excluding hydrogens is 422 g/mol. The fourth-order valence-corrected chi connectivity index (χ4v) is 6.82. The summed E-state index contributed by atoms with van der Waals surface area (Å²) in [6, 6.07) is 6.56. The molecule has 1 aliphatic carbocycles. The first-order chi connectivity index (χ1) is 14.5. The highest BCUT2D eigenvalue weighted by Crippen LogP contribution is 2.35. The van der Waals surface area contributed by atoms with E-state index in [1.807, 2.05) is 4.90 Å². The predicted octanol–water partition coefficient (Wildman–Crippen LogP) is 3.34. The summed E-state index contributed by atoms with van der Waals surface area (Å²) in [7, 11) is -3.63. The summed E-state index contributed by atoms with van der Waals surface area (Å²) in [5.41, 5.74) is 1.23. The minimum atomic E-state index is -3.63. The second kappa shape index (κ2) is 9.39. The first-order valence-corrected chi connectivity index (χ1v) is 12.8. The van der Waals surface area contributed by atoms with Crippen molar-refractivity contribution in [3.8, 4) is 0 Å². The molecule has 2 aliphatic heterocycles. The van der Waals surface area contributed by atoms with Gasteiger partial charge in [-0.3, -0.25) is 9.69 Å². The van der Waals surface area contributed by atoms with E-state index in [1.165, 1.54) is 29.3 Å². The largest absolute Gasteiger partial charge is 0.315 e. The lowest BCUT2D eigenvalue weighted by Crippen LogP contribution is -2.45. The SMILES string of the molecule is O=C(CN1CCCN(S(=O)(=O)c2ccccc2Cl)CC1)N1CCC[C@@H]2CCCC=C21. The van der Waals surface area contributed by atoms with Gasteiger partial charge in [0, 0.05) is 31.9 Å². The van der Waals surface area contributed by atoms with Crippen LogP contribution in [-0.4, -0.2) is 67.7 Å². The highest BCUT2D eigenvalue weighted by atomic mass is 35.5. The number of halogens is 1. The van der Waals surface area contributed by atoms with E-state index in [0.29, 0.717) is 38.5 Å². The lowest BCUT2D eigenvalue weighted by molar-refractivity contribution is -0.131. The van der Waals surface area contributed by atoms with Crippen molar-refractivity contribution in [1.82, 2.24) is 14.1 Å². The summed E-state index contributed by atoms with van der Waals surface area (Å²) in [6.07, 6.45) is 8.68. The Morgan fingerprint density at radius 3 is 2.63 bits per heavy atom. The van der Waals surface area contributed by atoms with Gasteiger partial charge in [0.05, 0.1) is 11.6 Å². The van der Waals surface area contributed by atoms with E-state index in [-0.39, 0.29) is 15.8 Å². The van der Waals surface area contributed by atoms with E-state index in [0.717, 1.165) is 25.9 Å². The number of carbonyl (C=O) groups excluding carboxylic acids is 1. The Morgan fingerprint density at radius 1 is 1.00 bits per heavy atom. The summed E-state index contributed by atoms with van der Waals surface area (Å²) in [4.78, 5) is 17.3. The lowest BCUT2D eigenvalue weighted by Gasteiger charge is -2.38. The molecule has 0 unspecified atom stereocenters. The molecule has 0 aromatic heterocycles. The van der Waals surface area contributed by atoms with E-state index in [2.05, 4.69) is 11.0 Å². The monoisotopic (exact) mass is 451 g/mol. The predicted molar refractivity (Wildman–Crippen MR) is 118 cm³/mol. The van der Waals surface area contributed by atoms with Crippen molar-refractivity contribution in [2.45, 2.75) is 43.4 Å². The molecule has 3 aliphatic rings. The molecule has 0 bridgehead atoms. The number of nitrogens with zero attached hydrogens (tertiary/aromatic N) is 3. The number of allylic oxidation sites excluding steroid dienone is 2. The van der Waals surface area contributed by atoms with Gasteiger partial charge in [-0.25, -0.2) is 8.42 Å². The molecule has 1 aromatic carbocycles. The average molecular weight is 452 g/mol. The lowest BCUT2D eigenvalue weighted by atomic mass is 9.85. The molecule has 1 atom stereocenters. The Bertz CT molecular complexity index is 918. The fraction of sp³-hybridized carbons (Fsp3) is 0.591. The normalized spacial score (nSPS) is 24.1. The van der Waals surface area contributed by atoms with Crippen LogP contribution in [0.2, 0.25) is 5.02 Å². The molecule has 0 N–H and O–H groups in total. The Hall–Kier alpha value is -1.41. The van der Waals surface area contributed by atoms with Gasteiger partial charge in [0.25, 0.3) is 0 Å². The third-order valence-electron chi connectivity index (χ3n) is 6.44. The maximum Gasteiger partial charge on any atom is 0.244 e. The molecule has 1 aromatic rings. The molecule has 2 saturated heterocycles. The van der Waals surface area contributed by atoms with E-state index >= 15 is 0 Å². The van der Waals surface area contributed by atoms with Gasteiger partial charge in [0.1, 0.15) is 4.90 Å². The standard InChI is InChI=1S/C22H30ClN3O3S/c23-19-9-2-4-11-21(19)30(28,29)25-13-6-12-24(15-16-25)17-22(27)26-14-5-8-18-7-1-3-10-20(18)26/h2,4,9-11,18H,1,3,5-8,12-17H2/t18-/m0/s1. The van der Waals surface area contributed by atoms with Crippen LogP contribution in [0.5, 0.6) is 0 Å². The number of rotatable bonds is 4. The number of hydrogen-bond donors (Lipinski definition) is 0. The smallest absolute Gasteiger partial charge is 0.244 e. The van der Waals surface area contributed by atoms with Crippen molar-refractivity contribution in [3.63, 3.8) is 0 Å². The van der Waals surface area contributed by atoms with Crippen molar-refractivity contribution >= 4 is 27.5 Å². The van der Waals surface area contributed by atoms with Crippen molar-refractivity contribution < 1.29 is 13.2 Å². The van der Waals surface area contributed by atoms with E-state index < -0.39 is 10.0 Å². The van der Waals surface area contributed by atoms with Crippen molar-refractivity contribution in [2.75, 3.05) is 39.3 Å². The Morgan fingerprint density at radius 2 is 1.80 bits per heavy atom. The van der Waals surface area contributed by atoms with Gasteiger partial charge in [-0.15, -0.1) is 0 Å². The molecule has 0 saturated carbocycles. The molecule has 4 rings (SSSR count). The van der Waals surface area contributed by atoms with Crippen LogP contribution in [0.1, 0.15) is 38.5 Å². The van der Waals surface area contributed by atoms with Crippen LogP contribution >= 0.6 is 11.6 Å². The summed E-state index contributed by atoms with van der Waals surface area (Å²) in [5, 5.41) is 0.245. The third-order valence-corrected chi connectivity index (χ3v) is 8.83. The van der Waals surface area contributed by atoms with Gasteiger partial charge in [-0.05, 0) is 63.1 Å². The first-order valence-electron chi connectivity index (χ1n) is 10.9. The number of amides is 1. The third kappa shape index (κ3) is 4.59. The van der Waals surface area contributed by atoms with Gasteiger partial charge < -0.3 is 4.90 Å². The molecule has 6 nitrogen and oxygen atoms in total. The van der Waals surface area contributed by atoms with Crippen molar-refractivity contribution in [2.24, 2.45) is 5.92 Å². The maximum atomic E-state index is 13.1. The average Bonchev–Trinajstić information content (AvgIpc) is 2.99. The number of carbonyl (C=O) groups is 1. The fourth-order valence-electron chi connectivity index (χ4n) is 4.86. The zero-order chi connectivity index (χ0) is 21.1. The molecule has 1 amide bonds. The number of sulfonamides is 1. The molecule has 0 radical (unpaired) electrons. The number of hydrogen-bond acceptors (Lipinski definition) is 4. The zero-order valence-electron chi connectivity index (χ0n) is 17.3. The van der Waals surface area contributed by atoms with Crippen molar-refractivity contribution in [1.29, 1.82) is 0 Å². The van der Waals surface area contributed by atoms with Gasteiger partial charge in [0.15, 0.2) is 0 Å². The Balaban J connectivity index is 1.39. The van der Waals surface area contributed by atoms with E-state index in [1.54, 1.807) is 24.3 Å². The Labute approximate surface area is 184 Å². The highest BCUT2D eigenvalue weighted by molar-refractivity contribution is 7.89. The zero-order valence-corrected chi connectivity index (χ0v) is 18.9. The summed E-state index contributed by atoms with van der Waals surface area (Å²) < 4.78 is 27.6. The van der Waals surface area contributed by atoms with Crippen LogP contribution in [-0.2, 0) is 14.8 Å². The van der Waals surface area contributed by atoms with Crippen LogP contribution in [0.3, 0.4) is 0 Å². The second-order valence-corrected chi connectivity index (χ2v) is 10.7. The number of likely N-dealkylation sites (tertiary alicyclic amines) is 1. The molecular formula is C22H30ClN3O3S. The van der Waals surface area contributed by atoms with Gasteiger partial charge in [-0.2, -0.15) is 4.31 Å². The molecule has 0 spiro atoms. The number of piperidine rings is 1. The molecule has 2 fully saturated rings. The molecule has 164 valence electrons. The quantitative estimate of drug-likeness (QED) is 0.704. The summed E-state index contributed by atoms with van der Waals surface area (Å²) >= 11 is 6.14. The van der Waals surface area contributed by atoms with Crippen molar-refractivity contribution in [3.05, 3.63) is 41.1 Å². The molecule has 30 heavy (non-hydrogen) atoms. The topological polar surface area (TPSA) is 60.9 Å². The maximum absolute atomic E-state index is 13.1. The summed E-state index contributed by atoms with van der Waals surface area (Å²) in [6.45, 7) is 3.23. The molecule has 2 heterocycles. The molecule has 8 heteroatoms. The first kappa shape index (κ1) is 21.8. The summed E-state index contributed by atoms with van der Waals surface area (Å²) in [5.74, 6) is 0.687. The van der Waals surface area contributed by atoms with Crippen LogP contribution in [0, 0.1) is 5.92 Å². The van der Waals surface area contributed by atoms with Crippen LogP contribution in [0.15, 0.2) is 40.9 Å². The van der Waals surface area contributed by atoms with E-state index in [9.17, 15) is 13.2 Å². The number of fused-ring (bicyclic) bond motifs is 1. The highest BCUT2D eigenvalue weighted by Gasteiger charge is 2.32. The van der Waals surface area contributed by atoms with Crippen LogP contribution in [0.25, 0.3) is 0 Å². The second-order valence-electron chi connectivity index (χ2n) is 8.41.